The average molecular weight is 343 g/mol. The van der Waals surface area contributed by atoms with Crippen LogP contribution >= 0.6 is 0 Å². The first-order valence-electron chi connectivity index (χ1n) is 5.86. The van der Waals surface area contributed by atoms with Gasteiger partial charge in [-0.1, -0.05) is 0 Å². The van der Waals surface area contributed by atoms with Crippen LogP contribution in [0.25, 0.3) is 0 Å². The van der Waals surface area contributed by atoms with Crippen molar-refractivity contribution in [2.45, 2.75) is 40.3 Å². The average Bonchev–Trinajstić information content (AvgIpc) is 2.63. The summed E-state index contributed by atoms with van der Waals surface area (Å²) in [5.41, 5.74) is -0.256. The Balaban J connectivity index is 0. The minimum Gasteiger partial charge on any atom is -1.00 e. The third-order valence-electron chi connectivity index (χ3n) is 2.62. The molecular weight excluding hydrogens is 321 g/mol. The number of carbonyl (C=O) groups excluding carboxylic acids is 1. The molecule has 0 bridgehead atoms. The normalized spacial score (nSPS) is 13.6. The maximum absolute atomic E-state index is 12.0. The molecule has 1 N–H and O–H groups in total. The molecule has 0 saturated heterocycles. The predicted molar refractivity (Wildman–Crippen MR) is 68.3 cm³/mol. The maximum Gasteiger partial charge on any atom is -1.00 e. The predicted octanol–water partition coefficient (Wildman–Crippen LogP) is -3.48. The standard InChI is InChI=1S/C5H11NO.C5H5.C2H7Si.2ClH.Ti/c1-5(2,3)4(6)7;1-2-4-5-3-1;1-3-2;;;/h1-3H3,(H2,6,7);1-3H,4H2;3H,1-2H3;2*1H;/q;;;;;+3/p-3. The van der Waals surface area contributed by atoms with Crippen molar-refractivity contribution >= 4 is 12.6 Å². The van der Waals surface area contributed by atoms with Crippen LogP contribution in [0.1, 0.15) is 27.2 Å². The fourth-order valence-electron chi connectivity index (χ4n) is 1.55. The molecule has 1 aliphatic rings. The molecular formula is C12H22Cl2NOSiTi. The van der Waals surface area contributed by atoms with Crippen LogP contribution in [0.15, 0.2) is 22.1 Å². The molecule has 0 aromatic rings. The number of allylic oxidation sites excluding steroid dienone is 4. The quantitative estimate of drug-likeness (QED) is 0.530. The molecule has 0 saturated carbocycles. The molecule has 103 valence electrons. The van der Waals surface area contributed by atoms with Crippen LogP contribution in [-0.4, -0.2) is 12.6 Å². The third-order valence-corrected chi connectivity index (χ3v) is 13.7. The summed E-state index contributed by atoms with van der Waals surface area (Å²) in [7, 11) is 0. The van der Waals surface area contributed by atoms with E-state index in [-0.39, 0.29) is 36.1 Å². The van der Waals surface area contributed by atoms with E-state index in [1.807, 2.05) is 20.8 Å². The van der Waals surface area contributed by atoms with E-state index in [0.717, 1.165) is 6.42 Å². The van der Waals surface area contributed by atoms with Crippen molar-refractivity contribution in [1.82, 2.24) is 3.80 Å². The third kappa shape index (κ3) is 6.07. The molecule has 0 aliphatic heterocycles. The number of hydrogen-bond donors (Lipinski definition) is 1. The van der Waals surface area contributed by atoms with Crippen molar-refractivity contribution in [2.75, 3.05) is 0 Å². The Labute approximate surface area is 130 Å². The van der Waals surface area contributed by atoms with Gasteiger partial charge < -0.3 is 24.8 Å². The molecule has 6 heteroatoms. The first-order chi connectivity index (χ1) is 7.32. The molecule has 0 fully saturated rings. The van der Waals surface area contributed by atoms with Gasteiger partial charge >= 0.3 is 106 Å². The molecule has 0 heterocycles. The number of hydrogen-bond acceptors (Lipinski definition) is 1. The first kappa shape index (κ1) is 20.8. The fourth-order valence-corrected chi connectivity index (χ4v) is 11.0. The maximum atomic E-state index is 12.0. The summed E-state index contributed by atoms with van der Waals surface area (Å²) in [5.74, 6) is 0.233. The van der Waals surface area contributed by atoms with E-state index >= 15 is 0 Å². The van der Waals surface area contributed by atoms with Crippen LogP contribution in [0.3, 0.4) is 0 Å². The van der Waals surface area contributed by atoms with Crippen LogP contribution in [0.4, 0.5) is 0 Å². The van der Waals surface area contributed by atoms with Crippen molar-refractivity contribution in [1.29, 1.82) is 0 Å². The summed E-state index contributed by atoms with van der Waals surface area (Å²) in [6.45, 7) is 9.94. The van der Waals surface area contributed by atoms with Gasteiger partial charge in [-0.15, -0.1) is 0 Å². The van der Waals surface area contributed by atoms with Crippen LogP contribution in [0.2, 0.25) is 13.1 Å². The van der Waals surface area contributed by atoms with E-state index < -0.39 is 24.0 Å². The van der Waals surface area contributed by atoms with Gasteiger partial charge in [-0.25, -0.2) is 0 Å². The van der Waals surface area contributed by atoms with Crippen molar-refractivity contribution in [3.05, 3.63) is 22.1 Å². The van der Waals surface area contributed by atoms with Crippen molar-refractivity contribution in [3.63, 3.8) is 0 Å². The second kappa shape index (κ2) is 8.60. The fraction of sp³-hybridized carbons (Fsp3) is 0.583. The molecule has 0 aromatic heterocycles. The second-order valence-corrected chi connectivity index (χ2v) is 18.4. The van der Waals surface area contributed by atoms with Crippen molar-refractivity contribution in [2.24, 2.45) is 5.41 Å². The minimum atomic E-state index is -1.48. The summed E-state index contributed by atoms with van der Waals surface area (Å²) < 4.78 is 4.92. The topological polar surface area (TPSA) is 29.1 Å². The smallest absolute Gasteiger partial charge is 1.00 e. The molecule has 18 heavy (non-hydrogen) atoms. The molecule has 2 nitrogen and oxygen atoms in total. The molecule has 0 spiro atoms. The van der Waals surface area contributed by atoms with Crippen LogP contribution < -0.4 is 28.6 Å². The van der Waals surface area contributed by atoms with Crippen LogP contribution in [0.5, 0.6) is 0 Å². The zero-order valence-electron chi connectivity index (χ0n) is 11.7. The van der Waals surface area contributed by atoms with Crippen LogP contribution in [0, 0.1) is 5.41 Å². The second-order valence-electron chi connectivity index (χ2n) is 5.60. The van der Waals surface area contributed by atoms with E-state index in [1.165, 1.54) is 0 Å². The van der Waals surface area contributed by atoms with Gasteiger partial charge in [-0.2, -0.15) is 0 Å². The molecule has 0 atom stereocenters. The van der Waals surface area contributed by atoms with E-state index in [1.54, 1.807) is 3.88 Å². The summed E-state index contributed by atoms with van der Waals surface area (Å²) in [6.07, 6.45) is 7.63. The van der Waals surface area contributed by atoms with Gasteiger partial charge in [0.25, 0.3) is 0 Å². The van der Waals surface area contributed by atoms with E-state index in [2.05, 4.69) is 35.1 Å². The molecule has 1 amide bonds. The van der Waals surface area contributed by atoms with E-state index in [9.17, 15) is 4.79 Å². The number of amides is 1. The van der Waals surface area contributed by atoms with Gasteiger partial charge in [-0.3, -0.25) is 0 Å². The summed E-state index contributed by atoms with van der Waals surface area (Å²) in [6, 6.07) is 0. The number of rotatable bonds is 3. The SMILES string of the molecule is C[SiH](C)[Ti+2]([NH]C(=O)C(C)(C)C)[C]1=CC=CC1.[Cl-].[Cl-]. The van der Waals surface area contributed by atoms with Crippen molar-refractivity contribution in [3.8, 4) is 0 Å². The van der Waals surface area contributed by atoms with Crippen LogP contribution in [-0.2, 0) is 22.2 Å². The Morgan fingerprint density at radius 3 is 2.22 bits per heavy atom. The van der Waals surface area contributed by atoms with E-state index in [0.29, 0.717) is 0 Å². The Kier molecular flexibility index (Phi) is 9.92. The summed E-state index contributed by atoms with van der Waals surface area (Å²) in [4.78, 5) is 12.0. The molecule has 1 aliphatic carbocycles. The zero-order valence-corrected chi connectivity index (χ0v) is 15.9. The number of nitrogens with one attached hydrogen (secondary N) is 1. The number of carbonyl (C=O) groups is 1. The Hall–Kier alpha value is 0.461. The number of halogens is 2. The minimum absolute atomic E-state index is 0. The van der Waals surface area contributed by atoms with Gasteiger partial charge in [0.1, 0.15) is 0 Å². The zero-order chi connectivity index (χ0) is 12.3. The summed E-state index contributed by atoms with van der Waals surface area (Å²) >= 11 is -1.48. The first-order valence-corrected chi connectivity index (χ1v) is 13.0. The molecule has 0 aromatic carbocycles. The summed E-state index contributed by atoms with van der Waals surface area (Å²) in [5, 5.41) is 0. The Morgan fingerprint density at radius 2 is 1.89 bits per heavy atom. The monoisotopic (exact) mass is 342 g/mol. The molecule has 1 rings (SSSR count). The Bertz CT molecular complexity index is 337. The van der Waals surface area contributed by atoms with Gasteiger partial charge in [0.15, 0.2) is 0 Å². The van der Waals surface area contributed by atoms with Gasteiger partial charge in [0.05, 0.1) is 0 Å². The molecule has 0 radical (unpaired) electrons. The van der Waals surface area contributed by atoms with Gasteiger partial charge in [-0.05, 0) is 0 Å². The van der Waals surface area contributed by atoms with E-state index in [4.69, 9.17) is 0 Å². The van der Waals surface area contributed by atoms with Gasteiger partial charge in [0, 0.05) is 0 Å². The molecule has 0 unspecified atom stereocenters. The Morgan fingerprint density at radius 1 is 1.33 bits per heavy atom. The van der Waals surface area contributed by atoms with Crippen molar-refractivity contribution < 1.29 is 47.0 Å². The largest absolute Gasteiger partial charge is 1.00 e. The van der Waals surface area contributed by atoms with Gasteiger partial charge in [0.2, 0.25) is 0 Å².